The highest BCUT2D eigenvalue weighted by atomic mass is 16.5. The molecule has 3 rings (SSSR count). The Morgan fingerprint density at radius 1 is 1.15 bits per heavy atom. The van der Waals surface area contributed by atoms with Crippen LogP contribution in [-0.4, -0.2) is 13.1 Å². The van der Waals surface area contributed by atoms with Gasteiger partial charge in [-0.3, -0.25) is 0 Å². The summed E-state index contributed by atoms with van der Waals surface area (Å²) in [5.41, 5.74) is 9.17. The van der Waals surface area contributed by atoms with Crippen molar-refractivity contribution in [3.63, 3.8) is 0 Å². The number of rotatable bonds is 3. The SMILES string of the molecule is CCCN1CC(c2ccccc2)Oc2cccc(N)c21. The van der Waals surface area contributed by atoms with Crippen LogP contribution in [0.3, 0.4) is 0 Å². The molecule has 0 aliphatic carbocycles. The van der Waals surface area contributed by atoms with Crippen LogP contribution in [0.1, 0.15) is 25.0 Å². The molecule has 1 heterocycles. The van der Waals surface area contributed by atoms with Gasteiger partial charge in [-0.15, -0.1) is 0 Å². The minimum Gasteiger partial charge on any atom is -0.482 e. The summed E-state index contributed by atoms with van der Waals surface area (Å²) >= 11 is 0. The lowest BCUT2D eigenvalue weighted by molar-refractivity contribution is 0.197. The molecule has 1 atom stereocenters. The van der Waals surface area contributed by atoms with Crippen LogP contribution in [0.15, 0.2) is 48.5 Å². The first kappa shape index (κ1) is 12.9. The molecule has 1 unspecified atom stereocenters. The maximum absolute atomic E-state index is 6.15. The largest absolute Gasteiger partial charge is 0.482 e. The normalized spacial score (nSPS) is 17.4. The molecule has 104 valence electrons. The molecule has 1 aliphatic heterocycles. The second-order valence-electron chi connectivity index (χ2n) is 5.16. The number of ether oxygens (including phenoxy) is 1. The van der Waals surface area contributed by atoms with E-state index < -0.39 is 0 Å². The highest BCUT2D eigenvalue weighted by Crippen LogP contribution is 2.41. The van der Waals surface area contributed by atoms with Gasteiger partial charge in [0, 0.05) is 6.54 Å². The van der Waals surface area contributed by atoms with E-state index in [0.29, 0.717) is 0 Å². The highest BCUT2D eigenvalue weighted by Gasteiger charge is 2.27. The number of benzene rings is 2. The van der Waals surface area contributed by atoms with Gasteiger partial charge >= 0.3 is 0 Å². The Bertz CT molecular complexity index is 583. The van der Waals surface area contributed by atoms with Crippen LogP contribution in [0, 0.1) is 0 Å². The average molecular weight is 268 g/mol. The van der Waals surface area contributed by atoms with Gasteiger partial charge < -0.3 is 15.4 Å². The average Bonchev–Trinajstić information content (AvgIpc) is 2.48. The summed E-state index contributed by atoms with van der Waals surface area (Å²) in [5, 5.41) is 0. The Kier molecular flexibility index (Phi) is 3.50. The minimum absolute atomic E-state index is 0.0667. The quantitative estimate of drug-likeness (QED) is 0.864. The fourth-order valence-corrected chi connectivity index (χ4v) is 2.77. The third-order valence-corrected chi connectivity index (χ3v) is 3.67. The lowest BCUT2D eigenvalue weighted by atomic mass is 10.1. The Hall–Kier alpha value is -2.16. The molecule has 0 spiro atoms. The molecule has 1 aliphatic rings. The molecule has 20 heavy (non-hydrogen) atoms. The third kappa shape index (κ3) is 2.31. The summed E-state index contributed by atoms with van der Waals surface area (Å²) in [7, 11) is 0. The number of nitrogens with two attached hydrogens (primary N) is 1. The van der Waals surface area contributed by atoms with Gasteiger partial charge in [-0.1, -0.05) is 43.3 Å². The molecule has 0 fully saturated rings. The first-order valence-corrected chi connectivity index (χ1v) is 7.14. The van der Waals surface area contributed by atoms with E-state index in [4.69, 9.17) is 10.5 Å². The maximum Gasteiger partial charge on any atom is 0.145 e. The first-order valence-electron chi connectivity index (χ1n) is 7.14. The number of nitrogens with zero attached hydrogens (tertiary/aromatic N) is 1. The van der Waals surface area contributed by atoms with E-state index in [9.17, 15) is 0 Å². The van der Waals surface area contributed by atoms with Crippen molar-refractivity contribution in [1.29, 1.82) is 0 Å². The van der Waals surface area contributed by atoms with Crippen LogP contribution in [0.5, 0.6) is 5.75 Å². The molecule has 0 saturated heterocycles. The maximum atomic E-state index is 6.15. The van der Waals surface area contributed by atoms with Crippen molar-refractivity contribution in [2.45, 2.75) is 19.4 Å². The number of fused-ring (bicyclic) bond motifs is 1. The zero-order valence-electron chi connectivity index (χ0n) is 11.8. The Labute approximate surface area is 120 Å². The Balaban J connectivity index is 1.97. The van der Waals surface area contributed by atoms with Crippen LogP contribution in [0.25, 0.3) is 0 Å². The second-order valence-corrected chi connectivity index (χ2v) is 5.16. The molecule has 3 heteroatoms. The van der Waals surface area contributed by atoms with E-state index in [1.807, 2.05) is 24.3 Å². The molecule has 2 aromatic carbocycles. The number of hydrogen-bond acceptors (Lipinski definition) is 3. The first-order chi connectivity index (χ1) is 9.79. The predicted octanol–water partition coefficient (Wildman–Crippen LogP) is 3.62. The summed E-state index contributed by atoms with van der Waals surface area (Å²) in [6.07, 6.45) is 1.16. The lowest BCUT2D eigenvalue weighted by Crippen LogP contribution is -2.36. The standard InChI is InChI=1S/C17H20N2O/c1-2-11-19-12-16(13-7-4-3-5-8-13)20-15-10-6-9-14(18)17(15)19/h3-10,16H,2,11-12,18H2,1H3. The smallest absolute Gasteiger partial charge is 0.145 e. The van der Waals surface area contributed by atoms with Gasteiger partial charge in [0.2, 0.25) is 0 Å². The van der Waals surface area contributed by atoms with Gasteiger partial charge in [0.05, 0.1) is 12.2 Å². The fraction of sp³-hybridized carbons (Fsp3) is 0.294. The Morgan fingerprint density at radius 3 is 2.70 bits per heavy atom. The van der Waals surface area contributed by atoms with E-state index in [2.05, 4.69) is 36.1 Å². The number of hydrogen-bond donors (Lipinski definition) is 1. The van der Waals surface area contributed by atoms with Gasteiger partial charge in [0.1, 0.15) is 17.5 Å². The van der Waals surface area contributed by atoms with Crippen LogP contribution in [-0.2, 0) is 0 Å². The summed E-state index contributed by atoms with van der Waals surface area (Å²) in [4.78, 5) is 2.34. The monoisotopic (exact) mass is 268 g/mol. The molecule has 0 saturated carbocycles. The van der Waals surface area contributed by atoms with Crippen molar-refractivity contribution in [3.8, 4) is 5.75 Å². The van der Waals surface area contributed by atoms with Crippen LogP contribution >= 0.6 is 0 Å². The summed E-state index contributed by atoms with van der Waals surface area (Å²) in [6.45, 7) is 4.03. The fourth-order valence-electron chi connectivity index (χ4n) is 2.77. The second kappa shape index (κ2) is 5.45. The number of nitrogen functional groups attached to an aromatic ring is 1. The van der Waals surface area contributed by atoms with E-state index in [-0.39, 0.29) is 6.10 Å². The van der Waals surface area contributed by atoms with Gasteiger partial charge in [0.15, 0.2) is 0 Å². The van der Waals surface area contributed by atoms with Crippen molar-refractivity contribution in [2.24, 2.45) is 0 Å². The van der Waals surface area contributed by atoms with Crippen LogP contribution in [0.4, 0.5) is 11.4 Å². The lowest BCUT2D eigenvalue weighted by Gasteiger charge is -2.37. The van der Waals surface area contributed by atoms with Crippen molar-refractivity contribution in [1.82, 2.24) is 0 Å². The highest BCUT2D eigenvalue weighted by molar-refractivity contribution is 5.75. The zero-order valence-corrected chi connectivity index (χ0v) is 11.8. The van der Waals surface area contributed by atoms with Gasteiger partial charge in [-0.25, -0.2) is 0 Å². The van der Waals surface area contributed by atoms with Gasteiger partial charge in [-0.05, 0) is 24.1 Å². The van der Waals surface area contributed by atoms with Gasteiger partial charge in [-0.2, -0.15) is 0 Å². The molecule has 2 aromatic rings. The van der Waals surface area contributed by atoms with E-state index >= 15 is 0 Å². The molecule has 0 aromatic heterocycles. The molecule has 3 nitrogen and oxygen atoms in total. The van der Waals surface area contributed by atoms with Crippen molar-refractivity contribution in [3.05, 3.63) is 54.1 Å². The van der Waals surface area contributed by atoms with Crippen molar-refractivity contribution >= 4 is 11.4 Å². The predicted molar refractivity (Wildman–Crippen MR) is 83.2 cm³/mol. The summed E-state index contributed by atoms with van der Waals surface area (Å²) in [6, 6.07) is 16.3. The van der Waals surface area contributed by atoms with Crippen molar-refractivity contribution in [2.75, 3.05) is 23.7 Å². The molecule has 0 amide bonds. The van der Waals surface area contributed by atoms with Crippen LogP contribution in [0.2, 0.25) is 0 Å². The molecular weight excluding hydrogens is 248 g/mol. The van der Waals surface area contributed by atoms with Gasteiger partial charge in [0.25, 0.3) is 0 Å². The van der Waals surface area contributed by atoms with Crippen LogP contribution < -0.4 is 15.4 Å². The van der Waals surface area contributed by atoms with E-state index in [0.717, 1.165) is 36.6 Å². The minimum atomic E-state index is 0.0667. The third-order valence-electron chi connectivity index (χ3n) is 3.67. The molecule has 2 N–H and O–H groups in total. The summed E-state index contributed by atoms with van der Waals surface area (Å²) in [5.74, 6) is 0.888. The molecule has 0 radical (unpaired) electrons. The zero-order chi connectivity index (χ0) is 13.9. The van der Waals surface area contributed by atoms with E-state index in [1.54, 1.807) is 0 Å². The van der Waals surface area contributed by atoms with Crippen molar-refractivity contribution < 1.29 is 4.74 Å². The topological polar surface area (TPSA) is 38.5 Å². The number of anilines is 2. The van der Waals surface area contributed by atoms with E-state index in [1.165, 1.54) is 5.56 Å². The summed E-state index contributed by atoms with van der Waals surface area (Å²) < 4.78 is 6.15. The molecule has 0 bridgehead atoms. The Morgan fingerprint density at radius 2 is 1.95 bits per heavy atom. The molecular formula is C17H20N2O. The number of para-hydroxylation sites is 1.